The molecule has 25 heavy (non-hydrogen) atoms. The lowest BCUT2D eigenvalue weighted by atomic mass is 9.93. The molecule has 0 spiro atoms. The van der Waals surface area contributed by atoms with Crippen LogP contribution in [0.5, 0.6) is 0 Å². The van der Waals surface area contributed by atoms with Crippen molar-refractivity contribution in [3.63, 3.8) is 0 Å². The van der Waals surface area contributed by atoms with Gasteiger partial charge in [0, 0.05) is 31.5 Å². The van der Waals surface area contributed by atoms with E-state index in [2.05, 4.69) is 20.4 Å². The molecule has 1 atom stereocenters. The maximum Gasteiger partial charge on any atom is 0.290 e. The number of hydrogen-bond donors (Lipinski definition) is 2. The first-order chi connectivity index (χ1) is 12.0. The summed E-state index contributed by atoms with van der Waals surface area (Å²) in [5.41, 5.74) is -0.303. The van der Waals surface area contributed by atoms with Crippen LogP contribution >= 0.6 is 0 Å². The molecule has 0 aliphatic carbocycles. The molecule has 1 amide bonds. The molecule has 2 N–H and O–H groups in total. The van der Waals surface area contributed by atoms with E-state index in [1.807, 2.05) is 18.7 Å². The van der Waals surface area contributed by atoms with E-state index < -0.39 is 5.60 Å². The van der Waals surface area contributed by atoms with Crippen LogP contribution in [-0.4, -0.2) is 51.4 Å². The number of nitrogens with zero attached hydrogens (tertiary/aromatic N) is 4. The van der Waals surface area contributed by atoms with Gasteiger partial charge in [0.05, 0.1) is 17.8 Å². The minimum Gasteiger partial charge on any atom is -0.386 e. The Bertz CT molecular complexity index is 718. The number of aliphatic hydroxyl groups is 1. The van der Waals surface area contributed by atoms with Gasteiger partial charge in [-0.2, -0.15) is 0 Å². The Labute approximate surface area is 146 Å². The van der Waals surface area contributed by atoms with Gasteiger partial charge in [0.1, 0.15) is 0 Å². The second-order valence-electron chi connectivity index (χ2n) is 6.75. The fourth-order valence-electron chi connectivity index (χ4n) is 2.88. The van der Waals surface area contributed by atoms with Crippen LogP contribution < -0.4 is 10.2 Å². The van der Waals surface area contributed by atoms with Crippen molar-refractivity contribution in [1.29, 1.82) is 0 Å². The summed E-state index contributed by atoms with van der Waals surface area (Å²) in [6.07, 6.45) is 4.75. The lowest BCUT2D eigenvalue weighted by molar-refractivity contribution is 0.0248. The molecule has 8 heteroatoms. The van der Waals surface area contributed by atoms with Crippen molar-refractivity contribution in [2.75, 3.05) is 24.5 Å². The molecule has 1 unspecified atom stereocenters. The second-order valence-corrected chi connectivity index (χ2v) is 6.75. The van der Waals surface area contributed by atoms with Gasteiger partial charge < -0.3 is 19.8 Å². The van der Waals surface area contributed by atoms with E-state index in [1.54, 1.807) is 24.5 Å². The van der Waals surface area contributed by atoms with Gasteiger partial charge in [-0.1, -0.05) is 19.0 Å². The number of amides is 1. The van der Waals surface area contributed by atoms with Gasteiger partial charge >= 0.3 is 0 Å². The van der Waals surface area contributed by atoms with Crippen molar-refractivity contribution in [2.45, 2.75) is 38.2 Å². The van der Waals surface area contributed by atoms with E-state index in [0.29, 0.717) is 18.9 Å². The zero-order valence-corrected chi connectivity index (χ0v) is 14.5. The number of piperidine rings is 1. The largest absolute Gasteiger partial charge is 0.386 e. The summed E-state index contributed by atoms with van der Waals surface area (Å²) in [5.74, 6) is 0.559. The third kappa shape index (κ3) is 4.14. The molecule has 0 radical (unpaired) electrons. The van der Waals surface area contributed by atoms with Crippen LogP contribution in [0.4, 0.5) is 5.95 Å². The molecule has 0 saturated carbocycles. The summed E-state index contributed by atoms with van der Waals surface area (Å²) in [7, 11) is 0. The van der Waals surface area contributed by atoms with Gasteiger partial charge in [-0.3, -0.25) is 4.79 Å². The topological polar surface area (TPSA) is 104 Å². The summed E-state index contributed by atoms with van der Waals surface area (Å²) < 4.78 is 5.08. The Morgan fingerprint density at radius 3 is 2.88 bits per heavy atom. The van der Waals surface area contributed by atoms with Crippen molar-refractivity contribution in [3.8, 4) is 0 Å². The molecule has 3 rings (SSSR count). The minimum absolute atomic E-state index is 0.132. The highest BCUT2D eigenvalue weighted by Gasteiger charge is 2.35. The summed E-state index contributed by atoms with van der Waals surface area (Å²) in [6, 6.07) is 3.39. The van der Waals surface area contributed by atoms with Crippen LogP contribution in [-0.2, 0) is 0 Å². The maximum atomic E-state index is 12.2. The highest BCUT2D eigenvalue weighted by atomic mass is 16.5. The first-order valence-corrected chi connectivity index (χ1v) is 8.46. The molecule has 0 aromatic carbocycles. The summed E-state index contributed by atoms with van der Waals surface area (Å²) in [6.45, 7) is 5.23. The fraction of sp³-hybridized carbons (Fsp3) is 0.529. The molecule has 2 aromatic rings. The molecule has 1 saturated heterocycles. The third-order valence-electron chi connectivity index (χ3n) is 4.31. The Kier molecular flexibility index (Phi) is 4.98. The third-order valence-corrected chi connectivity index (χ3v) is 4.31. The first-order valence-electron chi connectivity index (χ1n) is 8.46. The molecule has 8 nitrogen and oxygen atoms in total. The second kappa shape index (κ2) is 7.18. The number of β-amino-alcohol motifs (C(OH)–C–C–N with tert-alkyl or cyclic N) is 1. The molecule has 3 heterocycles. The number of nitrogens with one attached hydrogen (secondary N) is 1. The quantitative estimate of drug-likeness (QED) is 0.843. The van der Waals surface area contributed by atoms with Gasteiger partial charge in [0.25, 0.3) is 5.91 Å². The Balaban J connectivity index is 1.60. The lowest BCUT2D eigenvalue weighted by Gasteiger charge is -2.39. The Hall–Kier alpha value is -2.48. The summed E-state index contributed by atoms with van der Waals surface area (Å²) >= 11 is 0. The number of anilines is 1. The van der Waals surface area contributed by atoms with Crippen LogP contribution in [0.3, 0.4) is 0 Å². The van der Waals surface area contributed by atoms with Crippen molar-refractivity contribution in [2.24, 2.45) is 0 Å². The van der Waals surface area contributed by atoms with Crippen LogP contribution in [0, 0.1) is 0 Å². The van der Waals surface area contributed by atoms with Crippen molar-refractivity contribution in [3.05, 3.63) is 36.0 Å². The predicted octanol–water partition coefficient (Wildman–Crippen LogP) is 1.35. The number of carbonyl (C=O) groups excluding carboxylic acids is 1. The Morgan fingerprint density at radius 1 is 1.44 bits per heavy atom. The molecule has 2 aromatic heterocycles. The lowest BCUT2D eigenvalue weighted by Crippen LogP contribution is -2.54. The van der Waals surface area contributed by atoms with Gasteiger partial charge in [0.15, 0.2) is 0 Å². The van der Waals surface area contributed by atoms with E-state index in [0.717, 1.165) is 18.7 Å². The number of rotatable bonds is 5. The van der Waals surface area contributed by atoms with Gasteiger partial charge in [-0.15, -0.1) is 0 Å². The summed E-state index contributed by atoms with van der Waals surface area (Å²) in [5, 5.41) is 17.5. The number of carbonyl (C=O) groups is 1. The SMILES string of the molecule is CC(C)c1cc(C(=O)NCC2(O)CCCN(c3ncccn3)C2)on1. The van der Waals surface area contributed by atoms with Gasteiger partial charge in [0.2, 0.25) is 11.7 Å². The highest BCUT2D eigenvalue weighted by molar-refractivity contribution is 5.91. The molecule has 1 aliphatic heterocycles. The van der Waals surface area contributed by atoms with Crippen molar-refractivity contribution >= 4 is 11.9 Å². The molecule has 1 aliphatic rings. The maximum absolute atomic E-state index is 12.2. The highest BCUT2D eigenvalue weighted by Crippen LogP contribution is 2.23. The van der Waals surface area contributed by atoms with Gasteiger partial charge in [-0.25, -0.2) is 9.97 Å². The number of hydrogen-bond acceptors (Lipinski definition) is 7. The fourth-order valence-corrected chi connectivity index (χ4v) is 2.88. The van der Waals surface area contributed by atoms with Crippen molar-refractivity contribution < 1.29 is 14.4 Å². The predicted molar refractivity (Wildman–Crippen MR) is 91.4 cm³/mol. The van der Waals surface area contributed by atoms with E-state index in [-0.39, 0.29) is 24.1 Å². The average molecular weight is 345 g/mol. The smallest absolute Gasteiger partial charge is 0.290 e. The first kappa shape index (κ1) is 17.3. The molecular formula is C17H23N5O3. The van der Waals surface area contributed by atoms with Crippen LogP contribution in [0.1, 0.15) is 48.9 Å². The molecule has 1 fully saturated rings. The van der Waals surface area contributed by atoms with Crippen LogP contribution in [0.15, 0.2) is 29.0 Å². The number of aromatic nitrogens is 3. The summed E-state index contributed by atoms with van der Waals surface area (Å²) in [4.78, 5) is 22.6. The zero-order chi connectivity index (χ0) is 17.9. The standard InChI is InChI=1S/C17H23N5O3/c1-12(2)13-9-14(25-21-13)15(23)20-10-17(24)5-3-8-22(11-17)16-18-6-4-7-19-16/h4,6-7,9,12,24H,3,5,8,10-11H2,1-2H3,(H,20,23). The molecular weight excluding hydrogens is 322 g/mol. The molecule has 0 bridgehead atoms. The van der Waals surface area contributed by atoms with Crippen LogP contribution in [0.25, 0.3) is 0 Å². The monoisotopic (exact) mass is 345 g/mol. The van der Waals surface area contributed by atoms with E-state index in [4.69, 9.17) is 4.52 Å². The van der Waals surface area contributed by atoms with E-state index >= 15 is 0 Å². The minimum atomic E-state index is -1.03. The van der Waals surface area contributed by atoms with Crippen molar-refractivity contribution in [1.82, 2.24) is 20.4 Å². The molecule has 134 valence electrons. The Morgan fingerprint density at radius 2 is 2.20 bits per heavy atom. The van der Waals surface area contributed by atoms with E-state index in [9.17, 15) is 9.90 Å². The normalized spacial score (nSPS) is 20.7. The van der Waals surface area contributed by atoms with Crippen LogP contribution in [0.2, 0.25) is 0 Å². The average Bonchev–Trinajstić information content (AvgIpc) is 3.11. The zero-order valence-electron chi connectivity index (χ0n) is 14.5. The van der Waals surface area contributed by atoms with E-state index in [1.165, 1.54) is 0 Å². The van der Waals surface area contributed by atoms with Gasteiger partial charge in [-0.05, 0) is 24.8 Å².